The minimum Gasteiger partial charge on any atom is -0.457 e. The lowest BCUT2D eigenvalue weighted by Gasteiger charge is -2.10. The van der Waals surface area contributed by atoms with Gasteiger partial charge in [0.2, 0.25) is 5.95 Å². The number of nitriles is 1. The lowest BCUT2D eigenvalue weighted by molar-refractivity contribution is 0.481. The molecule has 7 nitrogen and oxygen atoms in total. The molecule has 2 N–H and O–H groups in total. The highest BCUT2D eigenvalue weighted by molar-refractivity contribution is 5.84. The molecule has 0 amide bonds. The molecule has 1 aromatic heterocycles. The number of H-pyrrole nitrogens is 1. The van der Waals surface area contributed by atoms with Crippen molar-refractivity contribution in [3.63, 3.8) is 0 Å². The first kappa shape index (κ1) is 21.5. The van der Waals surface area contributed by atoms with Gasteiger partial charge in [-0.25, -0.2) is 10.4 Å². The van der Waals surface area contributed by atoms with E-state index in [1.165, 1.54) is 5.56 Å². The second-order valence-corrected chi connectivity index (χ2v) is 7.37. The van der Waals surface area contributed by atoms with Gasteiger partial charge in [0.15, 0.2) is 0 Å². The van der Waals surface area contributed by atoms with Gasteiger partial charge in [0, 0.05) is 11.1 Å². The summed E-state index contributed by atoms with van der Waals surface area (Å²) in [4.78, 5) is 19.3. The van der Waals surface area contributed by atoms with Gasteiger partial charge >= 0.3 is 0 Å². The van der Waals surface area contributed by atoms with Crippen molar-refractivity contribution in [1.82, 2.24) is 9.97 Å². The molecule has 0 bridgehead atoms. The fourth-order valence-electron chi connectivity index (χ4n) is 3.18. The molecule has 4 rings (SSSR count). The molecule has 1 heterocycles. The summed E-state index contributed by atoms with van der Waals surface area (Å²) in [7, 11) is 0. The number of hydrazone groups is 1. The molecular weight excluding hydrogens is 414 g/mol. The molecule has 0 saturated heterocycles. The summed E-state index contributed by atoms with van der Waals surface area (Å²) >= 11 is 0. The van der Waals surface area contributed by atoms with E-state index in [-0.39, 0.29) is 17.2 Å². The van der Waals surface area contributed by atoms with Crippen molar-refractivity contribution in [1.29, 1.82) is 5.26 Å². The van der Waals surface area contributed by atoms with Gasteiger partial charge in [0.1, 0.15) is 23.1 Å². The maximum atomic E-state index is 12.4. The first-order valence-electron chi connectivity index (χ1n) is 10.3. The molecule has 162 valence electrons. The van der Waals surface area contributed by atoms with Crippen LogP contribution in [0.5, 0.6) is 11.5 Å². The molecule has 7 heteroatoms. The van der Waals surface area contributed by atoms with E-state index in [0.717, 1.165) is 16.9 Å². The first-order chi connectivity index (χ1) is 16.0. The molecule has 33 heavy (non-hydrogen) atoms. The number of aromatic amines is 1. The number of rotatable bonds is 6. The van der Waals surface area contributed by atoms with Crippen LogP contribution < -0.4 is 15.7 Å². The molecule has 0 aliphatic heterocycles. The van der Waals surface area contributed by atoms with Gasteiger partial charge in [0.25, 0.3) is 5.56 Å². The zero-order chi connectivity index (χ0) is 23.2. The van der Waals surface area contributed by atoms with Crippen molar-refractivity contribution in [2.45, 2.75) is 13.8 Å². The quantitative estimate of drug-likeness (QED) is 0.321. The minimum absolute atomic E-state index is 0.0529. The summed E-state index contributed by atoms with van der Waals surface area (Å²) in [5.41, 5.74) is 6.18. The van der Waals surface area contributed by atoms with Crippen LogP contribution in [0.1, 0.15) is 22.3 Å². The largest absolute Gasteiger partial charge is 0.457 e. The normalized spacial score (nSPS) is 10.7. The summed E-state index contributed by atoms with van der Waals surface area (Å²) in [6, 6.07) is 24.4. The van der Waals surface area contributed by atoms with Crippen LogP contribution in [0.25, 0.3) is 11.3 Å². The molecule has 0 fully saturated rings. The van der Waals surface area contributed by atoms with E-state index in [0.29, 0.717) is 11.3 Å². The second kappa shape index (κ2) is 9.62. The van der Waals surface area contributed by atoms with E-state index < -0.39 is 5.56 Å². The van der Waals surface area contributed by atoms with Crippen LogP contribution in [0.4, 0.5) is 5.95 Å². The van der Waals surface area contributed by atoms with Crippen LogP contribution in [0.2, 0.25) is 0 Å². The Morgan fingerprint density at radius 2 is 1.79 bits per heavy atom. The number of para-hydroxylation sites is 1. The third-order valence-electron chi connectivity index (χ3n) is 5.08. The average Bonchev–Trinajstić information content (AvgIpc) is 2.83. The summed E-state index contributed by atoms with van der Waals surface area (Å²) in [6.07, 6.45) is 1.58. The Morgan fingerprint density at radius 1 is 1.03 bits per heavy atom. The van der Waals surface area contributed by atoms with Crippen molar-refractivity contribution in [2.24, 2.45) is 5.10 Å². The van der Waals surface area contributed by atoms with Gasteiger partial charge < -0.3 is 4.74 Å². The number of ether oxygens (including phenoxy) is 1. The number of hydrogen-bond donors (Lipinski definition) is 2. The molecule has 0 spiro atoms. The zero-order valence-corrected chi connectivity index (χ0v) is 18.2. The summed E-state index contributed by atoms with van der Waals surface area (Å²) < 4.78 is 6.05. The SMILES string of the molecule is Cc1ccc(Oc2ccccc2C=NNc2nc(-c3ccccc3)c(C#N)c(=O)[nH]2)cc1C. The molecule has 4 aromatic rings. The van der Waals surface area contributed by atoms with E-state index in [1.54, 1.807) is 18.3 Å². The van der Waals surface area contributed by atoms with E-state index >= 15 is 0 Å². The van der Waals surface area contributed by atoms with Crippen molar-refractivity contribution in [3.8, 4) is 28.8 Å². The van der Waals surface area contributed by atoms with E-state index in [2.05, 4.69) is 27.4 Å². The minimum atomic E-state index is -0.539. The Balaban J connectivity index is 1.58. The molecule has 3 aromatic carbocycles. The predicted molar refractivity (Wildman–Crippen MR) is 129 cm³/mol. The molecule has 0 radical (unpaired) electrons. The Kier molecular flexibility index (Phi) is 6.28. The van der Waals surface area contributed by atoms with Crippen LogP contribution in [-0.4, -0.2) is 16.2 Å². The molecule has 0 saturated carbocycles. The maximum absolute atomic E-state index is 12.4. The standard InChI is InChI=1S/C26H21N5O2/c1-17-12-13-21(14-18(17)2)33-23-11-7-6-10-20(23)16-28-31-26-29-24(19-8-4-3-5-9-19)22(15-27)25(32)30-26/h3-14,16H,1-2H3,(H2,29,30,31,32). The van der Waals surface area contributed by atoms with Crippen LogP contribution >= 0.6 is 0 Å². The van der Waals surface area contributed by atoms with Crippen molar-refractivity contribution < 1.29 is 4.74 Å². The van der Waals surface area contributed by atoms with E-state index in [9.17, 15) is 10.1 Å². The van der Waals surface area contributed by atoms with E-state index in [4.69, 9.17) is 4.74 Å². The Bertz CT molecular complexity index is 1420. The molecule has 0 unspecified atom stereocenters. The van der Waals surface area contributed by atoms with Crippen LogP contribution in [0.15, 0.2) is 82.7 Å². The average molecular weight is 435 g/mol. The summed E-state index contributed by atoms with van der Waals surface area (Å²) in [6.45, 7) is 4.09. The Hall–Kier alpha value is -4.70. The molecule has 0 atom stereocenters. The maximum Gasteiger partial charge on any atom is 0.270 e. The highest BCUT2D eigenvalue weighted by atomic mass is 16.5. The van der Waals surface area contributed by atoms with Crippen LogP contribution in [0, 0.1) is 25.2 Å². The van der Waals surface area contributed by atoms with E-state index in [1.807, 2.05) is 73.7 Å². The Labute approximate surface area is 191 Å². The molecule has 0 aliphatic rings. The number of aromatic nitrogens is 2. The predicted octanol–water partition coefficient (Wildman–Crippen LogP) is 5.16. The second-order valence-electron chi connectivity index (χ2n) is 7.37. The third kappa shape index (κ3) is 4.97. The third-order valence-corrected chi connectivity index (χ3v) is 5.08. The van der Waals surface area contributed by atoms with Crippen LogP contribution in [-0.2, 0) is 0 Å². The van der Waals surface area contributed by atoms with Gasteiger partial charge in [-0.2, -0.15) is 10.4 Å². The highest BCUT2D eigenvalue weighted by Crippen LogP contribution is 2.26. The Morgan fingerprint density at radius 3 is 2.55 bits per heavy atom. The zero-order valence-electron chi connectivity index (χ0n) is 18.2. The van der Waals surface area contributed by atoms with Crippen molar-refractivity contribution >= 4 is 12.2 Å². The van der Waals surface area contributed by atoms with Gasteiger partial charge in [0.05, 0.1) is 11.9 Å². The number of hydrogen-bond acceptors (Lipinski definition) is 6. The van der Waals surface area contributed by atoms with Crippen molar-refractivity contribution in [3.05, 3.63) is 105 Å². The lowest BCUT2D eigenvalue weighted by Crippen LogP contribution is -2.16. The highest BCUT2D eigenvalue weighted by Gasteiger charge is 2.13. The number of nitrogens with zero attached hydrogens (tertiary/aromatic N) is 3. The molecule has 0 aliphatic carbocycles. The number of nitrogens with one attached hydrogen (secondary N) is 2. The number of aryl methyl sites for hydroxylation is 2. The smallest absolute Gasteiger partial charge is 0.270 e. The van der Waals surface area contributed by atoms with Gasteiger partial charge in [-0.1, -0.05) is 48.5 Å². The van der Waals surface area contributed by atoms with Crippen LogP contribution in [0.3, 0.4) is 0 Å². The summed E-state index contributed by atoms with van der Waals surface area (Å²) in [5.74, 6) is 1.50. The van der Waals surface area contributed by atoms with Crippen molar-refractivity contribution in [2.75, 3.05) is 5.43 Å². The number of anilines is 1. The fraction of sp³-hybridized carbons (Fsp3) is 0.0769. The van der Waals surface area contributed by atoms with Gasteiger partial charge in [-0.3, -0.25) is 9.78 Å². The number of benzene rings is 3. The molecular formula is C26H21N5O2. The monoisotopic (exact) mass is 435 g/mol. The van der Waals surface area contributed by atoms with Gasteiger partial charge in [-0.05, 0) is 49.2 Å². The lowest BCUT2D eigenvalue weighted by atomic mass is 10.1. The fourth-order valence-corrected chi connectivity index (χ4v) is 3.18. The summed E-state index contributed by atoms with van der Waals surface area (Å²) in [5, 5.41) is 13.6. The van der Waals surface area contributed by atoms with Gasteiger partial charge in [-0.15, -0.1) is 0 Å². The topological polar surface area (TPSA) is 103 Å². The first-order valence-corrected chi connectivity index (χ1v) is 10.3.